The smallest absolute Gasteiger partial charge is 0.0551 e. The van der Waals surface area contributed by atoms with E-state index in [9.17, 15) is 0 Å². The molecule has 0 aliphatic heterocycles. The molecule has 0 spiro atoms. The van der Waals surface area contributed by atoms with Crippen molar-refractivity contribution in [2.45, 2.75) is 39.5 Å². The summed E-state index contributed by atoms with van der Waals surface area (Å²) in [6.45, 7) is 5.71. The highest BCUT2D eigenvalue weighted by Crippen LogP contribution is 2.11. The van der Waals surface area contributed by atoms with Gasteiger partial charge in [0.15, 0.2) is 0 Å². The average Bonchev–Trinajstić information content (AvgIpc) is 2.11. The first-order valence-corrected chi connectivity index (χ1v) is 4.87. The molecule has 2 nitrogen and oxygen atoms in total. The Kier molecular flexibility index (Phi) is 8.95. The number of ether oxygens (including phenoxy) is 1. The van der Waals surface area contributed by atoms with Crippen molar-refractivity contribution >= 4 is 0 Å². The van der Waals surface area contributed by atoms with Crippen LogP contribution in [0, 0.1) is 5.92 Å². The lowest BCUT2D eigenvalue weighted by Gasteiger charge is -2.12. The molecule has 12 heavy (non-hydrogen) atoms. The molecule has 0 fully saturated rings. The molecule has 0 aliphatic rings. The molecule has 0 heterocycles. The Morgan fingerprint density at radius 2 is 2.00 bits per heavy atom. The van der Waals surface area contributed by atoms with E-state index in [4.69, 9.17) is 9.84 Å². The highest BCUT2D eigenvalue weighted by molar-refractivity contribution is 4.88. The minimum atomic E-state index is 0.184. The molecule has 1 N–H and O–H groups in total. The van der Waals surface area contributed by atoms with Crippen LogP contribution in [0.4, 0.5) is 0 Å². The van der Waals surface area contributed by atoms with Gasteiger partial charge < -0.3 is 9.84 Å². The normalized spacial score (nSPS) is 11.0. The van der Waals surface area contributed by atoms with Crippen LogP contribution in [0.1, 0.15) is 39.5 Å². The largest absolute Gasteiger partial charge is 0.396 e. The number of unbranched alkanes of at least 4 members (excludes halogenated alkanes) is 2. The van der Waals surface area contributed by atoms with Crippen LogP contribution in [-0.2, 0) is 4.74 Å². The average molecular weight is 173 g/mol. The number of hydrogen-bond acceptors (Lipinski definition) is 2. The first-order valence-electron chi connectivity index (χ1n) is 4.87. The molecule has 0 atom stereocenters. The van der Waals surface area contributed by atoms with Crippen LogP contribution in [0.25, 0.3) is 0 Å². The van der Waals surface area contributed by atoms with Crippen LogP contribution in [0.2, 0.25) is 0 Å². The fourth-order valence-electron chi connectivity index (χ4n) is 1.07. The molecule has 0 aliphatic carbocycles. The molecule has 0 amide bonds. The Morgan fingerprint density at radius 1 is 1.25 bits per heavy atom. The third kappa shape index (κ3) is 6.62. The summed E-state index contributed by atoms with van der Waals surface area (Å²) in [6, 6.07) is 0. The molecule has 0 aromatic heterocycles. The molecule has 0 aromatic rings. The molecule has 0 saturated carbocycles. The maximum Gasteiger partial charge on any atom is 0.0551 e. The molecule has 0 bridgehead atoms. The van der Waals surface area contributed by atoms with Gasteiger partial charge in [-0.1, -0.05) is 26.2 Å². The first-order chi connectivity index (χ1) is 5.85. The molecule has 73 valence electrons. The van der Waals surface area contributed by atoms with Crippen molar-refractivity contribution in [3.63, 3.8) is 0 Å². The molecule has 0 rings (SSSR count). The van der Waals surface area contributed by atoms with Gasteiger partial charge in [-0.3, -0.25) is 0 Å². The maximum absolute atomic E-state index is 8.93. The van der Waals surface area contributed by atoms with E-state index in [0.29, 0.717) is 6.61 Å². The quantitative estimate of drug-likeness (QED) is 0.570. The lowest BCUT2D eigenvalue weighted by atomic mass is 10.0. The van der Waals surface area contributed by atoms with Crippen LogP contribution >= 0.6 is 0 Å². The third-order valence-corrected chi connectivity index (χ3v) is 1.87. The van der Waals surface area contributed by atoms with Gasteiger partial charge in [0.1, 0.15) is 0 Å². The van der Waals surface area contributed by atoms with E-state index >= 15 is 0 Å². The highest BCUT2D eigenvalue weighted by atomic mass is 16.5. The summed E-state index contributed by atoms with van der Waals surface area (Å²) in [7, 11) is 0. The Morgan fingerprint density at radius 3 is 2.50 bits per heavy atom. The van der Waals surface area contributed by atoms with Crippen molar-refractivity contribution in [3.05, 3.63) is 5.92 Å². The summed E-state index contributed by atoms with van der Waals surface area (Å²) < 4.78 is 5.22. The monoisotopic (exact) mass is 173 g/mol. The van der Waals surface area contributed by atoms with Crippen LogP contribution in [0.3, 0.4) is 0 Å². The molecular formula is C10H21O2. The van der Waals surface area contributed by atoms with Gasteiger partial charge in [0.2, 0.25) is 0 Å². The highest BCUT2D eigenvalue weighted by Gasteiger charge is 2.06. The predicted octanol–water partition coefficient (Wildman–Crippen LogP) is 2.17. The fraction of sp³-hybridized carbons (Fsp3) is 0.900. The molecule has 1 radical (unpaired) electrons. The number of rotatable bonds is 8. The molecule has 2 heteroatoms. The summed E-state index contributed by atoms with van der Waals surface area (Å²) in [5, 5.41) is 8.93. The second kappa shape index (κ2) is 9.01. The van der Waals surface area contributed by atoms with Crippen molar-refractivity contribution in [2.24, 2.45) is 0 Å². The number of aliphatic hydroxyl groups is 1. The zero-order valence-electron chi connectivity index (χ0n) is 8.31. The van der Waals surface area contributed by atoms with Crippen molar-refractivity contribution in [3.8, 4) is 0 Å². The summed E-state index contributed by atoms with van der Waals surface area (Å²) >= 11 is 0. The van der Waals surface area contributed by atoms with E-state index in [-0.39, 0.29) is 6.61 Å². The SMILES string of the molecule is CCCCC[C](CO)COCC. The van der Waals surface area contributed by atoms with E-state index in [1.807, 2.05) is 6.92 Å². The Balaban J connectivity index is 3.26. The van der Waals surface area contributed by atoms with Gasteiger partial charge >= 0.3 is 0 Å². The van der Waals surface area contributed by atoms with E-state index in [1.54, 1.807) is 0 Å². The minimum Gasteiger partial charge on any atom is -0.396 e. The summed E-state index contributed by atoms with van der Waals surface area (Å²) in [4.78, 5) is 0. The summed E-state index contributed by atoms with van der Waals surface area (Å²) in [5.41, 5.74) is 0. The Labute approximate surface area is 75.9 Å². The van der Waals surface area contributed by atoms with Gasteiger partial charge in [0.05, 0.1) is 13.2 Å². The van der Waals surface area contributed by atoms with Crippen LogP contribution in [-0.4, -0.2) is 24.9 Å². The first kappa shape index (κ1) is 11.9. The lowest BCUT2D eigenvalue weighted by Crippen LogP contribution is -2.11. The van der Waals surface area contributed by atoms with E-state index in [1.165, 1.54) is 19.3 Å². The van der Waals surface area contributed by atoms with Crippen LogP contribution < -0.4 is 0 Å². The second-order valence-electron chi connectivity index (χ2n) is 3.00. The van der Waals surface area contributed by atoms with Crippen molar-refractivity contribution in [2.75, 3.05) is 19.8 Å². The standard InChI is InChI=1S/C10H21O2/c1-3-5-6-7-10(8-11)9-12-4-2/h11H,3-9H2,1-2H3. The van der Waals surface area contributed by atoms with Gasteiger partial charge in [0, 0.05) is 12.5 Å². The van der Waals surface area contributed by atoms with Gasteiger partial charge in [-0.2, -0.15) is 0 Å². The van der Waals surface area contributed by atoms with Gasteiger partial charge in [0.25, 0.3) is 0 Å². The number of aliphatic hydroxyl groups excluding tert-OH is 1. The van der Waals surface area contributed by atoms with Gasteiger partial charge in [-0.25, -0.2) is 0 Å². The van der Waals surface area contributed by atoms with Crippen molar-refractivity contribution in [1.29, 1.82) is 0 Å². The maximum atomic E-state index is 8.93. The summed E-state index contributed by atoms with van der Waals surface area (Å²) in [6.07, 6.45) is 4.67. The zero-order chi connectivity index (χ0) is 9.23. The van der Waals surface area contributed by atoms with Crippen molar-refractivity contribution < 1.29 is 9.84 Å². The second-order valence-corrected chi connectivity index (χ2v) is 3.00. The molecular weight excluding hydrogens is 152 g/mol. The third-order valence-electron chi connectivity index (χ3n) is 1.87. The van der Waals surface area contributed by atoms with Crippen LogP contribution in [0.5, 0.6) is 0 Å². The fourth-order valence-corrected chi connectivity index (χ4v) is 1.07. The Hall–Kier alpha value is -0.0800. The number of hydrogen-bond donors (Lipinski definition) is 1. The van der Waals surface area contributed by atoms with E-state index < -0.39 is 0 Å². The Bertz CT molecular complexity index is 83.9. The molecule has 0 unspecified atom stereocenters. The summed E-state index contributed by atoms with van der Waals surface area (Å²) in [5.74, 6) is 1.13. The minimum absolute atomic E-state index is 0.184. The predicted molar refractivity (Wildman–Crippen MR) is 51.0 cm³/mol. The molecule has 0 saturated heterocycles. The lowest BCUT2D eigenvalue weighted by molar-refractivity contribution is 0.137. The zero-order valence-corrected chi connectivity index (χ0v) is 8.31. The molecule has 0 aromatic carbocycles. The topological polar surface area (TPSA) is 29.5 Å². The van der Waals surface area contributed by atoms with Crippen molar-refractivity contribution in [1.82, 2.24) is 0 Å². The van der Waals surface area contributed by atoms with E-state index in [0.717, 1.165) is 18.9 Å². The van der Waals surface area contributed by atoms with E-state index in [2.05, 4.69) is 6.92 Å². The van der Waals surface area contributed by atoms with Gasteiger partial charge in [-0.15, -0.1) is 0 Å². The van der Waals surface area contributed by atoms with Gasteiger partial charge in [-0.05, 0) is 13.3 Å². The van der Waals surface area contributed by atoms with Crippen LogP contribution in [0.15, 0.2) is 0 Å².